The van der Waals surface area contributed by atoms with Crippen molar-refractivity contribution in [1.82, 2.24) is 10.1 Å². The van der Waals surface area contributed by atoms with E-state index in [1.54, 1.807) is 4.90 Å². The number of carbonyl (C=O) groups is 2. The number of carboxylic acid groups (broad SMARTS) is 1. The fourth-order valence-corrected chi connectivity index (χ4v) is 3.09. The second-order valence-electron chi connectivity index (χ2n) is 5.10. The molecule has 0 aromatic carbocycles. The highest BCUT2D eigenvalue weighted by Crippen LogP contribution is 2.36. The van der Waals surface area contributed by atoms with Crippen LogP contribution in [-0.4, -0.2) is 50.3 Å². The van der Waals surface area contributed by atoms with Crippen molar-refractivity contribution in [2.75, 3.05) is 0 Å². The Hall–Kier alpha value is -1.89. The Labute approximate surface area is 108 Å². The molecule has 0 spiro atoms. The first-order valence-corrected chi connectivity index (χ1v) is 6.27. The molecule has 1 aromatic heterocycles. The van der Waals surface area contributed by atoms with E-state index in [2.05, 4.69) is 9.68 Å². The van der Waals surface area contributed by atoms with Crippen molar-refractivity contribution >= 4 is 11.9 Å². The Morgan fingerprint density at radius 1 is 1.32 bits per heavy atom. The number of carbonyl (C=O) groups excluding carboxylic acids is 1. The SMILES string of the molecule is O=C(O)c1cc(C(=O)N2C3CCC2CC(O)C3)no1. The van der Waals surface area contributed by atoms with Crippen LogP contribution < -0.4 is 0 Å². The number of aromatic nitrogens is 1. The Morgan fingerprint density at radius 3 is 2.47 bits per heavy atom. The summed E-state index contributed by atoms with van der Waals surface area (Å²) in [7, 11) is 0. The first kappa shape index (κ1) is 12.2. The first-order chi connectivity index (χ1) is 9.06. The van der Waals surface area contributed by atoms with Crippen LogP contribution >= 0.6 is 0 Å². The maximum atomic E-state index is 12.3. The Balaban J connectivity index is 1.82. The van der Waals surface area contributed by atoms with Crippen LogP contribution in [0.5, 0.6) is 0 Å². The lowest BCUT2D eigenvalue weighted by Crippen LogP contribution is -2.48. The van der Waals surface area contributed by atoms with Gasteiger partial charge in [0.05, 0.1) is 6.10 Å². The molecular weight excluding hydrogens is 252 g/mol. The molecule has 3 rings (SSSR count). The molecule has 2 atom stereocenters. The second-order valence-corrected chi connectivity index (χ2v) is 5.10. The van der Waals surface area contributed by atoms with Gasteiger partial charge in [0.1, 0.15) is 0 Å². The van der Waals surface area contributed by atoms with Crippen molar-refractivity contribution in [3.05, 3.63) is 17.5 Å². The van der Waals surface area contributed by atoms with Crippen molar-refractivity contribution in [3.8, 4) is 0 Å². The van der Waals surface area contributed by atoms with Gasteiger partial charge in [0, 0.05) is 18.2 Å². The lowest BCUT2D eigenvalue weighted by molar-refractivity contribution is 0.0279. The Bertz CT molecular complexity index is 512. The molecule has 2 bridgehead atoms. The lowest BCUT2D eigenvalue weighted by Gasteiger charge is -2.36. The minimum absolute atomic E-state index is 0.0192. The largest absolute Gasteiger partial charge is 0.475 e. The molecule has 102 valence electrons. The number of amides is 1. The predicted octanol–water partition coefficient (Wildman–Crippen LogP) is 0.501. The summed E-state index contributed by atoms with van der Waals surface area (Å²) in [6.07, 6.45) is 2.54. The fourth-order valence-electron chi connectivity index (χ4n) is 3.09. The zero-order chi connectivity index (χ0) is 13.6. The van der Waals surface area contributed by atoms with Crippen LogP contribution in [0.2, 0.25) is 0 Å². The third-order valence-corrected chi connectivity index (χ3v) is 3.88. The molecule has 7 heteroatoms. The summed E-state index contributed by atoms with van der Waals surface area (Å²) in [4.78, 5) is 24.8. The average Bonchev–Trinajstić information content (AvgIpc) is 2.93. The summed E-state index contributed by atoms with van der Waals surface area (Å²) in [5.74, 6) is -1.90. The zero-order valence-corrected chi connectivity index (χ0v) is 10.2. The predicted molar refractivity (Wildman–Crippen MR) is 61.7 cm³/mol. The van der Waals surface area contributed by atoms with E-state index in [1.807, 2.05) is 0 Å². The third kappa shape index (κ3) is 1.99. The monoisotopic (exact) mass is 266 g/mol. The summed E-state index contributed by atoms with van der Waals surface area (Å²) in [5, 5.41) is 22.0. The summed E-state index contributed by atoms with van der Waals surface area (Å²) in [5.41, 5.74) is 0.0192. The Kier molecular flexibility index (Phi) is 2.78. The second kappa shape index (κ2) is 4.34. The van der Waals surface area contributed by atoms with Crippen LogP contribution in [0.1, 0.15) is 46.7 Å². The van der Waals surface area contributed by atoms with E-state index in [0.717, 1.165) is 18.9 Å². The van der Waals surface area contributed by atoms with Crippen molar-refractivity contribution in [2.45, 2.75) is 43.9 Å². The van der Waals surface area contributed by atoms with E-state index < -0.39 is 5.97 Å². The molecule has 2 saturated heterocycles. The molecule has 3 heterocycles. The molecule has 0 aliphatic carbocycles. The molecule has 2 aliphatic heterocycles. The van der Waals surface area contributed by atoms with Gasteiger partial charge < -0.3 is 19.6 Å². The van der Waals surface area contributed by atoms with Gasteiger partial charge in [0.15, 0.2) is 5.69 Å². The summed E-state index contributed by atoms with van der Waals surface area (Å²) < 4.78 is 4.60. The van der Waals surface area contributed by atoms with E-state index >= 15 is 0 Å². The molecule has 1 amide bonds. The third-order valence-electron chi connectivity index (χ3n) is 3.88. The summed E-state index contributed by atoms with van der Waals surface area (Å²) >= 11 is 0. The van der Waals surface area contributed by atoms with E-state index in [4.69, 9.17) is 5.11 Å². The number of aromatic carboxylic acids is 1. The van der Waals surface area contributed by atoms with Crippen molar-refractivity contribution in [1.29, 1.82) is 0 Å². The minimum atomic E-state index is -1.25. The average molecular weight is 266 g/mol. The van der Waals surface area contributed by atoms with Gasteiger partial charge in [0.2, 0.25) is 5.76 Å². The van der Waals surface area contributed by atoms with Crippen molar-refractivity contribution in [3.63, 3.8) is 0 Å². The van der Waals surface area contributed by atoms with Crippen LogP contribution in [0, 0.1) is 0 Å². The van der Waals surface area contributed by atoms with Crippen molar-refractivity contribution in [2.24, 2.45) is 0 Å². The molecule has 19 heavy (non-hydrogen) atoms. The van der Waals surface area contributed by atoms with E-state index in [0.29, 0.717) is 12.8 Å². The maximum absolute atomic E-state index is 12.3. The van der Waals surface area contributed by atoms with Gasteiger partial charge in [-0.05, 0) is 25.7 Å². The first-order valence-electron chi connectivity index (χ1n) is 6.27. The van der Waals surface area contributed by atoms with Gasteiger partial charge in [-0.25, -0.2) is 4.79 Å². The van der Waals surface area contributed by atoms with Gasteiger partial charge >= 0.3 is 5.97 Å². The molecule has 2 aliphatic rings. The molecular formula is C12H14N2O5. The topological polar surface area (TPSA) is 104 Å². The van der Waals surface area contributed by atoms with E-state index in [9.17, 15) is 14.7 Å². The summed E-state index contributed by atoms with van der Waals surface area (Å²) in [6, 6.07) is 1.19. The molecule has 0 saturated carbocycles. The van der Waals surface area contributed by atoms with Crippen LogP contribution in [0.15, 0.2) is 10.6 Å². The summed E-state index contributed by atoms with van der Waals surface area (Å²) in [6.45, 7) is 0. The minimum Gasteiger partial charge on any atom is -0.475 e. The number of aliphatic hydroxyl groups is 1. The molecule has 2 unspecified atom stereocenters. The van der Waals surface area contributed by atoms with Gasteiger partial charge in [-0.15, -0.1) is 0 Å². The smallest absolute Gasteiger partial charge is 0.374 e. The normalized spacial score (nSPS) is 29.5. The highest BCUT2D eigenvalue weighted by Gasteiger charge is 2.43. The van der Waals surface area contributed by atoms with E-state index in [1.165, 1.54) is 0 Å². The molecule has 2 N–H and O–H groups in total. The highest BCUT2D eigenvalue weighted by atomic mass is 16.5. The van der Waals surface area contributed by atoms with Gasteiger partial charge in [-0.2, -0.15) is 0 Å². The fraction of sp³-hybridized carbons (Fsp3) is 0.583. The van der Waals surface area contributed by atoms with Gasteiger partial charge in [-0.1, -0.05) is 5.16 Å². The van der Waals surface area contributed by atoms with Gasteiger partial charge in [0.25, 0.3) is 5.91 Å². The van der Waals surface area contributed by atoms with Crippen LogP contribution in [0.25, 0.3) is 0 Å². The number of piperidine rings is 1. The van der Waals surface area contributed by atoms with Crippen LogP contribution in [0.4, 0.5) is 0 Å². The number of aliphatic hydroxyl groups excluding tert-OH is 1. The zero-order valence-electron chi connectivity index (χ0n) is 10.2. The molecule has 0 radical (unpaired) electrons. The number of carboxylic acids is 1. The number of fused-ring (bicyclic) bond motifs is 2. The quantitative estimate of drug-likeness (QED) is 0.807. The standard InChI is InChI=1S/C12H14N2O5/c15-8-3-6-1-2-7(4-8)14(6)11(16)9-5-10(12(17)18)19-13-9/h5-8,15H,1-4H2,(H,17,18). The Morgan fingerprint density at radius 2 is 1.95 bits per heavy atom. The lowest BCUT2D eigenvalue weighted by atomic mass is 9.99. The van der Waals surface area contributed by atoms with Crippen molar-refractivity contribution < 1.29 is 24.3 Å². The van der Waals surface area contributed by atoms with E-state index in [-0.39, 0.29) is 35.5 Å². The van der Waals surface area contributed by atoms with Crippen LogP contribution in [-0.2, 0) is 0 Å². The molecule has 2 fully saturated rings. The number of hydrogen-bond donors (Lipinski definition) is 2. The molecule has 1 aromatic rings. The number of nitrogens with zero attached hydrogens (tertiary/aromatic N) is 2. The number of hydrogen-bond acceptors (Lipinski definition) is 5. The highest BCUT2D eigenvalue weighted by molar-refractivity contribution is 5.95. The van der Waals surface area contributed by atoms with Crippen LogP contribution in [0.3, 0.4) is 0 Å². The van der Waals surface area contributed by atoms with Gasteiger partial charge in [-0.3, -0.25) is 4.79 Å². The molecule has 7 nitrogen and oxygen atoms in total. The maximum Gasteiger partial charge on any atom is 0.374 e. The number of rotatable bonds is 2.